The van der Waals surface area contributed by atoms with Gasteiger partial charge in [-0.25, -0.2) is 0 Å². The number of nitrogens with zero attached hydrogens (tertiary/aromatic N) is 3. The zero-order valence-corrected chi connectivity index (χ0v) is 10.2. The maximum absolute atomic E-state index is 5.67. The molecule has 1 aromatic heterocycles. The minimum Gasteiger partial charge on any atom is -0.368 e. The van der Waals surface area contributed by atoms with Gasteiger partial charge < -0.3 is 10.2 Å². The number of rotatable bonds is 4. The summed E-state index contributed by atoms with van der Waals surface area (Å²) in [7, 11) is 0. The number of hydrogen-bond acceptors (Lipinski definition) is 4. The Hall–Kier alpha value is -0.870. The third kappa shape index (κ3) is 3.06. The van der Waals surface area contributed by atoms with E-state index in [1.165, 1.54) is 19.5 Å². The first kappa shape index (κ1) is 11.6. The average molecular weight is 241 g/mol. The predicted octanol–water partition coefficient (Wildman–Crippen LogP) is 1.88. The van der Waals surface area contributed by atoms with Crippen LogP contribution in [0.3, 0.4) is 0 Å². The predicted molar refractivity (Wildman–Crippen MR) is 65.8 cm³/mol. The number of aromatic nitrogens is 2. The zero-order chi connectivity index (χ0) is 11.4. The fourth-order valence-electron chi connectivity index (χ4n) is 2.03. The van der Waals surface area contributed by atoms with E-state index in [1.54, 1.807) is 6.07 Å². The first-order valence-electron chi connectivity index (χ1n) is 5.73. The molecule has 0 aliphatic carbocycles. The zero-order valence-electron chi connectivity index (χ0n) is 9.49. The molecule has 16 heavy (non-hydrogen) atoms. The number of hydrogen-bond donors (Lipinski definition) is 1. The summed E-state index contributed by atoms with van der Waals surface area (Å²) >= 11 is 5.67. The third-order valence-electron chi connectivity index (χ3n) is 3.02. The lowest BCUT2D eigenvalue weighted by Crippen LogP contribution is -2.22. The molecule has 1 aliphatic rings. The van der Waals surface area contributed by atoms with Crippen molar-refractivity contribution < 1.29 is 0 Å². The van der Waals surface area contributed by atoms with Gasteiger partial charge in [0.15, 0.2) is 5.15 Å². The van der Waals surface area contributed by atoms with Gasteiger partial charge in [-0.3, -0.25) is 0 Å². The van der Waals surface area contributed by atoms with Gasteiger partial charge in [0.2, 0.25) is 0 Å². The summed E-state index contributed by atoms with van der Waals surface area (Å²) in [5, 5.41) is 11.5. The third-order valence-corrected chi connectivity index (χ3v) is 3.22. The van der Waals surface area contributed by atoms with E-state index in [0.29, 0.717) is 5.15 Å². The summed E-state index contributed by atoms with van der Waals surface area (Å²) in [6, 6.07) is 3.62. The Morgan fingerprint density at radius 1 is 1.50 bits per heavy atom. The molecule has 0 spiro atoms. The quantitative estimate of drug-likeness (QED) is 0.873. The highest BCUT2D eigenvalue weighted by atomic mass is 35.5. The Bertz CT molecular complexity index is 327. The SMILES string of the molecule is CCN1CCC(CNc2ccc(Cl)nn2)C1. The molecular formula is C11H17ClN4. The summed E-state index contributed by atoms with van der Waals surface area (Å²) in [6.07, 6.45) is 1.27. The highest BCUT2D eigenvalue weighted by molar-refractivity contribution is 6.29. The maximum atomic E-state index is 5.67. The lowest BCUT2D eigenvalue weighted by Gasteiger charge is -2.13. The van der Waals surface area contributed by atoms with Crippen molar-refractivity contribution in [1.82, 2.24) is 15.1 Å². The second-order valence-electron chi connectivity index (χ2n) is 4.17. The van der Waals surface area contributed by atoms with Gasteiger partial charge in [-0.15, -0.1) is 10.2 Å². The molecule has 4 nitrogen and oxygen atoms in total. The molecule has 1 atom stereocenters. The molecule has 5 heteroatoms. The van der Waals surface area contributed by atoms with E-state index in [1.807, 2.05) is 6.07 Å². The molecule has 2 heterocycles. The standard InChI is InChI=1S/C11H17ClN4/c1-2-16-6-5-9(8-16)7-13-11-4-3-10(12)14-15-11/h3-4,9H,2,5-8H2,1H3,(H,13,15). The Morgan fingerprint density at radius 3 is 3.00 bits per heavy atom. The van der Waals surface area contributed by atoms with E-state index in [4.69, 9.17) is 11.6 Å². The highest BCUT2D eigenvalue weighted by Gasteiger charge is 2.20. The van der Waals surface area contributed by atoms with Crippen LogP contribution in [0.1, 0.15) is 13.3 Å². The van der Waals surface area contributed by atoms with Gasteiger partial charge in [-0.2, -0.15) is 0 Å². The maximum Gasteiger partial charge on any atom is 0.151 e. The van der Waals surface area contributed by atoms with Crippen molar-refractivity contribution >= 4 is 17.4 Å². The molecule has 1 N–H and O–H groups in total. The van der Waals surface area contributed by atoms with Gasteiger partial charge in [0.1, 0.15) is 5.82 Å². The van der Waals surface area contributed by atoms with Crippen molar-refractivity contribution in [3.05, 3.63) is 17.3 Å². The fourth-order valence-corrected chi connectivity index (χ4v) is 2.13. The van der Waals surface area contributed by atoms with Gasteiger partial charge >= 0.3 is 0 Å². The minimum atomic E-state index is 0.434. The van der Waals surface area contributed by atoms with Crippen LogP contribution < -0.4 is 5.32 Å². The van der Waals surface area contributed by atoms with Crippen molar-refractivity contribution in [2.45, 2.75) is 13.3 Å². The Kier molecular flexibility index (Phi) is 3.96. The molecule has 1 aromatic rings. The van der Waals surface area contributed by atoms with Crippen LogP contribution in [0.4, 0.5) is 5.82 Å². The lowest BCUT2D eigenvalue weighted by atomic mass is 10.1. The Balaban J connectivity index is 1.77. The molecule has 0 saturated carbocycles. The summed E-state index contributed by atoms with van der Waals surface area (Å²) < 4.78 is 0. The number of anilines is 1. The van der Waals surface area contributed by atoms with Crippen LogP contribution in [-0.4, -0.2) is 41.3 Å². The van der Waals surface area contributed by atoms with E-state index in [2.05, 4.69) is 27.3 Å². The molecule has 0 aromatic carbocycles. The smallest absolute Gasteiger partial charge is 0.151 e. The first-order valence-corrected chi connectivity index (χ1v) is 6.11. The molecule has 88 valence electrons. The molecule has 1 aliphatic heterocycles. The highest BCUT2D eigenvalue weighted by Crippen LogP contribution is 2.16. The van der Waals surface area contributed by atoms with E-state index >= 15 is 0 Å². The van der Waals surface area contributed by atoms with Crippen LogP contribution in [0.5, 0.6) is 0 Å². The van der Waals surface area contributed by atoms with Crippen LogP contribution in [-0.2, 0) is 0 Å². The van der Waals surface area contributed by atoms with Gasteiger partial charge in [0, 0.05) is 13.1 Å². The average Bonchev–Trinajstić information content (AvgIpc) is 2.76. The number of nitrogens with one attached hydrogen (secondary N) is 1. The second kappa shape index (κ2) is 5.46. The Morgan fingerprint density at radius 2 is 2.38 bits per heavy atom. The monoisotopic (exact) mass is 240 g/mol. The molecule has 2 rings (SSSR count). The van der Waals surface area contributed by atoms with Gasteiger partial charge in [0.05, 0.1) is 0 Å². The van der Waals surface area contributed by atoms with Gasteiger partial charge in [-0.1, -0.05) is 18.5 Å². The van der Waals surface area contributed by atoms with E-state index in [0.717, 1.165) is 24.8 Å². The van der Waals surface area contributed by atoms with Crippen molar-refractivity contribution in [3.8, 4) is 0 Å². The van der Waals surface area contributed by atoms with Crippen LogP contribution in [0.25, 0.3) is 0 Å². The largest absolute Gasteiger partial charge is 0.368 e. The van der Waals surface area contributed by atoms with Crippen molar-refractivity contribution in [3.63, 3.8) is 0 Å². The molecule has 1 unspecified atom stereocenters. The van der Waals surface area contributed by atoms with Gasteiger partial charge in [-0.05, 0) is 37.6 Å². The molecule has 1 saturated heterocycles. The van der Waals surface area contributed by atoms with Crippen LogP contribution in [0, 0.1) is 5.92 Å². The summed E-state index contributed by atoms with van der Waals surface area (Å²) in [4.78, 5) is 2.47. The number of likely N-dealkylation sites (tertiary alicyclic amines) is 1. The van der Waals surface area contributed by atoms with E-state index < -0.39 is 0 Å². The van der Waals surface area contributed by atoms with Crippen LogP contribution >= 0.6 is 11.6 Å². The summed E-state index contributed by atoms with van der Waals surface area (Å²) in [5.74, 6) is 1.52. The molecule has 1 fully saturated rings. The Labute approximate surface area is 101 Å². The van der Waals surface area contributed by atoms with Crippen molar-refractivity contribution in [2.24, 2.45) is 5.92 Å². The summed E-state index contributed by atoms with van der Waals surface area (Å²) in [5.41, 5.74) is 0. The molecule has 0 bridgehead atoms. The van der Waals surface area contributed by atoms with Crippen molar-refractivity contribution in [2.75, 3.05) is 31.5 Å². The first-order chi connectivity index (χ1) is 7.78. The topological polar surface area (TPSA) is 41.0 Å². The minimum absolute atomic E-state index is 0.434. The summed E-state index contributed by atoms with van der Waals surface area (Å²) in [6.45, 7) is 6.73. The molecule has 0 radical (unpaired) electrons. The normalized spacial score (nSPS) is 21.2. The lowest BCUT2D eigenvalue weighted by molar-refractivity contribution is 0.345. The second-order valence-corrected chi connectivity index (χ2v) is 4.56. The van der Waals surface area contributed by atoms with Gasteiger partial charge in [0.25, 0.3) is 0 Å². The van der Waals surface area contributed by atoms with Crippen molar-refractivity contribution in [1.29, 1.82) is 0 Å². The van der Waals surface area contributed by atoms with Crippen LogP contribution in [0.2, 0.25) is 5.15 Å². The van der Waals surface area contributed by atoms with Crippen LogP contribution in [0.15, 0.2) is 12.1 Å². The molecule has 0 amide bonds. The number of halogens is 1. The molecular weight excluding hydrogens is 224 g/mol. The fraction of sp³-hybridized carbons (Fsp3) is 0.636. The van der Waals surface area contributed by atoms with E-state index in [-0.39, 0.29) is 0 Å². The van der Waals surface area contributed by atoms with E-state index in [9.17, 15) is 0 Å².